The highest BCUT2D eigenvalue weighted by atomic mass is 28.3. The molecule has 1 aliphatic carbocycles. The molecule has 2 rings (SSSR count). The van der Waals surface area contributed by atoms with Gasteiger partial charge in [0.25, 0.3) is 0 Å². The monoisotopic (exact) mass is 245 g/mol. The third-order valence-electron chi connectivity index (χ3n) is 3.48. The Morgan fingerprint density at radius 1 is 1.25 bits per heavy atom. The van der Waals surface area contributed by atoms with Crippen molar-refractivity contribution in [2.45, 2.75) is 46.5 Å². The van der Waals surface area contributed by atoms with Crippen LogP contribution in [-0.2, 0) is 8.85 Å². The Labute approximate surface area is 102 Å². The molecule has 0 aromatic carbocycles. The van der Waals surface area contributed by atoms with Crippen LogP contribution in [0.15, 0.2) is 0 Å². The lowest BCUT2D eigenvalue weighted by Gasteiger charge is -2.26. The molecular formula is C12H27NO2Si. The zero-order valence-corrected chi connectivity index (χ0v) is 12.4. The average Bonchev–Trinajstić information content (AvgIpc) is 2.91. The predicted octanol–water partition coefficient (Wildman–Crippen LogP) is 2.19. The molecule has 0 bridgehead atoms. The molecule has 0 spiro atoms. The highest BCUT2D eigenvalue weighted by Crippen LogP contribution is 2.38. The summed E-state index contributed by atoms with van der Waals surface area (Å²) in [5.41, 5.74) is 0.580. The van der Waals surface area contributed by atoms with Gasteiger partial charge < -0.3 is 8.85 Å². The SMILES string of the molecule is CC(C)(C)C1CCCC1.CO[SiH]1NCCO1. The standard InChI is InChI=1S/C9H18.C3H9NO2Si/c1-9(2,3)8-6-4-5-7-8;1-5-7-4-2-3-6-7/h8H,4-7H2,1-3H3;4,7H,2-3H2,1H3. The van der Waals surface area contributed by atoms with Crippen LogP contribution in [0.4, 0.5) is 0 Å². The molecule has 96 valence electrons. The highest BCUT2D eigenvalue weighted by Gasteiger charge is 2.26. The fourth-order valence-corrected chi connectivity index (χ4v) is 3.45. The molecule has 3 nitrogen and oxygen atoms in total. The van der Waals surface area contributed by atoms with Gasteiger partial charge in [-0.15, -0.1) is 0 Å². The van der Waals surface area contributed by atoms with Crippen LogP contribution in [0.1, 0.15) is 46.5 Å². The fourth-order valence-electron chi connectivity index (χ4n) is 2.34. The van der Waals surface area contributed by atoms with Crippen LogP contribution in [0.25, 0.3) is 0 Å². The van der Waals surface area contributed by atoms with Crippen molar-refractivity contribution in [2.24, 2.45) is 11.3 Å². The summed E-state index contributed by atoms with van der Waals surface area (Å²) >= 11 is 0. The summed E-state index contributed by atoms with van der Waals surface area (Å²) in [5, 5.41) is 0. The quantitative estimate of drug-likeness (QED) is 0.718. The van der Waals surface area contributed by atoms with E-state index in [9.17, 15) is 0 Å². The van der Waals surface area contributed by atoms with Crippen molar-refractivity contribution in [3.05, 3.63) is 0 Å². The number of nitrogens with one attached hydrogen (secondary N) is 1. The summed E-state index contributed by atoms with van der Waals surface area (Å²) in [6, 6.07) is 0. The first-order valence-corrected chi connectivity index (χ1v) is 7.94. The molecule has 1 unspecified atom stereocenters. The number of rotatable bonds is 1. The van der Waals surface area contributed by atoms with Crippen LogP contribution < -0.4 is 4.98 Å². The second kappa shape index (κ2) is 6.74. The van der Waals surface area contributed by atoms with Gasteiger partial charge in [-0.25, -0.2) is 0 Å². The maximum Gasteiger partial charge on any atom is 0.408 e. The van der Waals surface area contributed by atoms with Crippen molar-refractivity contribution in [1.29, 1.82) is 0 Å². The van der Waals surface area contributed by atoms with Crippen LogP contribution in [0.2, 0.25) is 0 Å². The van der Waals surface area contributed by atoms with E-state index in [1.54, 1.807) is 7.11 Å². The van der Waals surface area contributed by atoms with E-state index < -0.39 is 9.45 Å². The molecule has 0 aromatic heterocycles. The molecule has 4 heteroatoms. The van der Waals surface area contributed by atoms with E-state index in [0.29, 0.717) is 5.41 Å². The van der Waals surface area contributed by atoms with Gasteiger partial charge in [0.15, 0.2) is 0 Å². The average molecular weight is 245 g/mol. The molecule has 0 aromatic rings. The van der Waals surface area contributed by atoms with Gasteiger partial charge in [-0.05, 0) is 24.2 Å². The molecule has 0 radical (unpaired) electrons. The zero-order chi connectivity index (χ0) is 12.0. The topological polar surface area (TPSA) is 30.5 Å². The Bertz CT molecular complexity index is 182. The van der Waals surface area contributed by atoms with Crippen LogP contribution in [-0.4, -0.2) is 29.7 Å². The zero-order valence-electron chi connectivity index (χ0n) is 11.2. The summed E-state index contributed by atoms with van der Waals surface area (Å²) in [5.74, 6) is 1.01. The molecule has 1 N–H and O–H groups in total. The molecule has 2 fully saturated rings. The minimum Gasteiger partial charge on any atom is -0.388 e. The van der Waals surface area contributed by atoms with Gasteiger partial charge in [-0.1, -0.05) is 33.6 Å². The van der Waals surface area contributed by atoms with Crippen molar-refractivity contribution in [3.63, 3.8) is 0 Å². The van der Waals surface area contributed by atoms with E-state index in [0.717, 1.165) is 19.1 Å². The van der Waals surface area contributed by atoms with Crippen LogP contribution in [0, 0.1) is 11.3 Å². The van der Waals surface area contributed by atoms with Crippen molar-refractivity contribution < 1.29 is 8.85 Å². The molecule has 1 saturated heterocycles. The van der Waals surface area contributed by atoms with Gasteiger partial charge in [0.1, 0.15) is 0 Å². The Morgan fingerprint density at radius 2 is 1.88 bits per heavy atom. The summed E-state index contributed by atoms with van der Waals surface area (Å²) in [6.45, 7) is 8.88. The highest BCUT2D eigenvalue weighted by molar-refractivity contribution is 6.41. The van der Waals surface area contributed by atoms with Gasteiger partial charge in [-0.3, -0.25) is 4.98 Å². The summed E-state index contributed by atoms with van der Waals surface area (Å²) in [4.78, 5) is 3.10. The second-order valence-corrected chi connectivity index (χ2v) is 7.62. The maximum absolute atomic E-state index is 5.11. The van der Waals surface area contributed by atoms with E-state index in [4.69, 9.17) is 8.85 Å². The van der Waals surface area contributed by atoms with E-state index in [1.807, 2.05) is 0 Å². The molecule has 16 heavy (non-hydrogen) atoms. The minimum absolute atomic E-state index is 0.580. The van der Waals surface area contributed by atoms with Crippen LogP contribution in [0.5, 0.6) is 0 Å². The van der Waals surface area contributed by atoms with Crippen molar-refractivity contribution in [1.82, 2.24) is 4.98 Å². The Kier molecular flexibility index (Phi) is 5.96. The van der Waals surface area contributed by atoms with Gasteiger partial charge in [0, 0.05) is 20.3 Å². The minimum atomic E-state index is -1.31. The van der Waals surface area contributed by atoms with Gasteiger partial charge in [0.2, 0.25) is 0 Å². The van der Waals surface area contributed by atoms with Gasteiger partial charge in [0.05, 0.1) is 0 Å². The van der Waals surface area contributed by atoms with Crippen LogP contribution >= 0.6 is 0 Å². The first-order chi connectivity index (χ1) is 7.54. The Balaban J connectivity index is 0.000000165. The maximum atomic E-state index is 5.11. The lowest BCUT2D eigenvalue weighted by atomic mass is 9.80. The lowest BCUT2D eigenvalue weighted by Crippen LogP contribution is -2.30. The molecule has 1 saturated carbocycles. The Hall–Kier alpha value is 0.0969. The summed E-state index contributed by atoms with van der Waals surface area (Å²) < 4.78 is 10.0. The first kappa shape index (κ1) is 14.2. The van der Waals surface area contributed by atoms with E-state index in [2.05, 4.69) is 25.8 Å². The molecule has 0 amide bonds. The predicted molar refractivity (Wildman–Crippen MR) is 69.5 cm³/mol. The number of hydrogen-bond acceptors (Lipinski definition) is 3. The molecule has 1 atom stereocenters. The van der Waals surface area contributed by atoms with E-state index >= 15 is 0 Å². The van der Waals surface area contributed by atoms with Gasteiger partial charge >= 0.3 is 9.45 Å². The largest absolute Gasteiger partial charge is 0.408 e. The van der Waals surface area contributed by atoms with Crippen LogP contribution in [0.3, 0.4) is 0 Å². The van der Waals surface area contributed by atoms with Crippen molar-refractivity contribution in [2.75, 3.05) is 20.3 Å². The Morgan fingerprint density at radius 3 is 2.12 bits per heavy atom. The van der Waals surface area contributed by atoms with E-state index in [-0.39, 0.29) is 0 Å². The third-order valence-corrected chi connectivity index (χ3v) is 5.06. The van der Waals surface area contributed by atoms with Gasteiger partial charge in [-0.2, -0.15) is 0 Å². The van der Waals surface area contributed by atoms with Crippen molar-refractivity contribution in [3.8, 4) is 0 Å². The van der Waals surface area contributed by atoms with E-state index in [1.165, 1.54) is 25.7 Å². The first-order valence-electron chi connectivity index (χ1n) is 6.42. The summed E-state index contributed by atoms with van der Waals surface area (Å²) in [7, 11) is 0.366. The number of hydrogen-bond donors (Lipinski definition) is 1. The van der Waals surface area contributed by atoms with Crippen molar-refractivity contribution >= 4 is 9.45 Å². The lowest BCUT2D eigenvalue weighted by molar-refractivity contribution is 0.246. The smallest absolute Gasteiger partial charge is 0.388 e. The summed E-state index contributed by atoms with van der Waals surface area (Å²) in [6.07, 6.45) is 5.90. The second-order valence-electron chi connectivity index (χ2n) is 5.74. The molecular weight excluding hydrogens is 218 g/mol. The molecule has 1 heterocycles. The molecule has 1 aliphatic heterocycles. The fraction of sp³-hybridized carbons (Fsp3) is 1.00. The normalized spacial score (nSPS) is 26.6. The molecule has 2 aliphatic rings. The third kappa shape index (κ3) is 4.95.